The Morgan fingerprint density at radius 2 is 2.39 bits per heavy atom. The molecular formula is C13H20N4O. The number of amidine groups is 1. The van der Waals surface area contributed by atoms with Gasteiger partial charge >= 0.3 is 0 Å². The predicted molar refractivity (Wildman–Crippen MR) is 72.1 cm³/mol. The van der Waals surface area contributed by atoms with Gasteiger partial charge in [0.1, 0.15) is 17.3 Å². The fourth-order valence-corrected chi connectivity index (χ4v) is 2.20. The highest BCUT2D eigenvalue weighted by molar-refractivity contribution is 5.93. The average molecular weight is 248 g/mol. The molecule has 3 N–H and O–H groups in total. The Morgan fingerprint density at radius 1 is 1.61 bits per heavy atom. The van der Waals surface area contributed by atoms with E-state index in [0.717, 1.165) is 25.4 Å². The lowest BCUT2D eigenvalue weighted by molar-refractivity contribution is 0.0296. The van der Waals surface area contributed by atoms with Crippen LogP contribution in [-0.2, 0) is 4.74 Å². The van der Waals surface area contributed by atoms with E-state index < -0.39 is 0 Å². The van der Waals surface area contributed by atoms with Crippen LogP contribution in [-0.4, -0.2) is 36.1 Å². The van der Waals surface area contributed by atoms with E-state index >= 15 is 0 Å². The van der Waals surface area contributed by atoms with Crippen LogP contribution in [0, 0.1) is 5.41 Å². The van der Waals surface area contributed by atoms with E-state index in [-0.39, 0.29) is 11.9 Å². The van der Waals surface area contributed by atoms with Crippen molar-refractivity contribution in [3.63, 3.8) is 0 Å². The summed E-state index contributed by atoms with van der Waals surface area (Å²) in [5.74, 6) is 0.885. The highest BCUT2D eigenvalue weighted by atomic mass is 16.5. The number of nitrogens with zero attached hydrogens (tertiary/aromatic N) is 2. The summed E-state index contributed by atoms with van der Waals surface area (Å²) in [6, 6.07) is 5.96. The quantitative estimate of drug-likeness (QED) is 0.626. The van der Waals surface area contributed by atoms with E-state index in [9.17, 15) is 0 Å². The molecule has 18 heavy (non-hydrogen) atoms. The van der Waals surface area contributed by atoms with Crippen LogP contribution in [0.3, 0.4) is 0 Å². The molecule has 1 aliphatic rings. The molecule has 0 bridgehead atoms. The molecule has 2 heterocycles. The predicted octanol–water partition coefficient (Wildman–Crippen LogP) is 1.37. The number of anilines is 1. The number of nitrogens with one attached hydrogen (secondary N) is 1. The number of ether oxygens (including phenoxy) is 1. The van der Waals surface area contributed by atoms with Crippen molar-refractivity contribution < 1.29 is 4.74 Å². The Hall–Kier alpha value is -1.62. The first-order chi connectivity index (χ1) is 8.61. The monoisotopic (exact) mass is 248 g/mol. The minimum Gasteiger partial charge on any atom is -0.382 e. The van der Waals surface area contributed by atoms with Crippen LogP contribution in [0.15, 0.2) is 18.2 Å². The van der Waals surface area contributed by atoms with Gasteiger partial charge in [0.15, 0.2) is 0 Å². The first kappa shape index (κ1) is 12.8. The number of pyridine rings is 1. The zero-order valence-electron chi connectivity index (χ0n) is 10.9. The van der Waals surface area contributed by atoms with Crippen LogP contribution in [0.25, 0.3) is 0 Å². The summed E-state index contributed by atoms with van der Waals surface area (Å²) >= 11 is 0. The summed E-state index contributed by atoms with van der Waals surface area (Å²) in [7, 11) is 0. The lowest BCUT2D eigenvalue weighted by Gasteiger charge is -2.39. The van der Waals surface area contributed by atoms with E-state index in [0.29, 0.717) is 11.7 Å². The zero-order valence-corrected chi connectivity index (χ0v) is 10.9. The van der Waals surface area contributed by atoms with Crippen LogP contribution < -0.4 is 10.6 Å². The molecular weight excluding hydrogens is 228 g/mol. The van der Waals surface area contributed by atoms with Crippen LogP contribution in [0.1, 0.15) is 26.0 Å². The highest BCUT2D eigenvalue weighted by Crippen LogP contribution is 2.21. The maximum absolute atomic E-state index is 7.45. The van der Waals surface area contributed by atoms with E-state index in [1.165, 1.54) is 0 Å². The van der Waals surface area contributed by atoms with Crippen molar-refractivity contribution in [3.05, 3.63) is 23.9 Å². The van der Waals surface area contributed by atoms with Gasteiger partial charge in [-0.2, -0.15) is 0 Å². The van der Waals surface area contributed by atoms with E-state index in [2.05, 4.69) is 23.7 Å². The van der Waals surface area contributed by atoms with E-state index in [1.54, 1.807) is 6.07 Å². The van der Waals surface area contributed by atoms with Crippen molar-refractivity contribution in [3.8, 4) is 0 Å². The van der Waals surface area contributed by atoms with Gasteiger partial charge in [-0.3, -0.25) is 5.41 Å². The fourth-order valence-electron chi connectivity index (χ4n) is 2.20. The van der Waals surface area contributed by atoms with Gasteiger partial charge in [0.2, 0.25) is 0 Å². The third-order valence-corrected chi connectivity index (χ3v) is 3.24. The molecule has 1 aromatic heterocycles. The molecule has 2 atom stereocenters. The zero-order chi connectivity index (χ0) is 13.1. The second kappa shape index (κ2) is 5.35. The van der Waals surface area contributed by atoms with Gasteiger partial charge in [0.25, 0.3) is 0 Å². The molecule has 0 amide bonds. The molecule has 0 spiro atoms. The van der Waals surface area contributed by atoms with Crippen LogP contribution in [0.5, 0.6) is 0 Å². The summed E-state index contributed by atoms with van der Waals surface area (Å²) in [5.41, 5.74) is 6.01. The Morgan fingerprint density at radius 3 is 3.06 bits per heavy atom. The van der Waals surface area contributed by atoms with Gasteiger partial charge in [-0.1, -0.05) is 13.0 Å². The van der Waals surface area contributed by atoms with Crippen molar-refractivity contribution in [1.29, 1.82) is 5.41 Å². The summed E-state index contributed by atoms with van der Waals surface area (Å²) < 4.78 is 5.67. The summed E-state index contributed by atoms with van der Waals surface area (Å²) in [5, 5.41) is 7.45. The number of aromatic nitrogens is 1. The van der Waals surface area contributed by atoms with Crippen LogP contribution >= 0.6 is 0 Å². The van der Waals surface area contributed by atoms with Crippen LogP contribution in [0.2, 0.25) is 0 Å². The summed E-state index contributed by atoms with van der Waals surface area (Å²) in [6.07, 6.45) is 1.22. The number of nitrogens with two attached hydrogens (primary N) is 1. The average Bonchev–Trinajstić information content (AvgIpc) is 2.39. The van der Waals surface area contributed by atoms with Crippen molar-refractivity contribution in [2.75, 3.05) is 18.1 Å². The highest BCUT2D eigenvalue weighted by Gasteiger charge is 2.26. The Labute approximate surface area is 107 Å². The molecule has 2 rings (SSSR count). The summed E-state index contributed by atoms with van der Waals surface area (Å²) in [4.78, 5) is 6.70. The molecule has 98 valence electrons. The van der Waals surface area contributed by atoms with Gasteiger partial charge in [0.05, 0.1) is 18.8 Å². The largest absolute Gasteiger partial charge is 0.382 e. The molecule has 0 aromatic carbocycles. The maximum Gasteiger partial charge on any atom is 0.141 e. The third-order valence-electron chi connectivity index (χ3n) is 3.24. The third kappa shape index (κ3) is 2.61. The van der Waals surface area contributed by atoms with Crippen molar-refractivity contribution in [1.82, 2.24) is 4.98 Å². The normalized spacial score (nSPS) is 24.0. The van der Waals surface area contributed by atoms with E-state index in [1.807, 2.05) is 12.1 Å². The first-order valence-corrected chi connectivity index (χ1v) is 6.31. The molecule has 1 fully saturated rings. The molecule has 0 saturated carbocycles. The van der Waals surface area contributed by atoms with Crippen molar-refractivity contribution in [2.24, 2.45) is 5.73 Å². The standard InChI is InChI=1S/C13H20N4O/c1-3-10-8-18-9(2)7-17(10)12-6-4-5-11(16-12)13(14)15/h4-6,9-10H,3,7-8H2,1-2H3,(H3,14,15). The Bertz CT molecular complexity index is 435. The fraction of sp³-hybridized carbons (Fsp3) is 0.538. The lowest BCUT2D eigenvalue weighted by atomic mass is 10.1. The smallest absolute Gasteiger partial charge is 0.141 e. The molecule has 1 aliphatic heterocycles. The number of rotatable bonds is 3. The summed E-state index contributed by atoms with van der Waals surface area (Å²) in [6.45, 7) is 5.76. The maximum atomic E-state index is 7.45. The molecule has 5 nitrogen and oxygen atoms in total. The minimum absolute atomic E-state index is 0.00575. The van der Waals surface area contributed by atoms with E-state index in [4.69, 9.17) is 15.9 Å². The number of hydrogen-bond acceptors (Lipinski definition) is 4. The second-order valence-electron chi connectivity index (χ2n) is 4.65. The molecule has 1 saturated heterocycles. The molecule has 1 aromatic rings. The van der Waals surface area contributed by atoms with Crippen molar-refractivity contribution in [2.45, 2.75) is 32.4 Å². The first-order valence-electron chi connectivity index (χ1n) is 6.31. The number of morpholine rings is 1. The van der Waals surface area contributed by atoms with Gasteiger partial charge in [-0.25, -0.2) is 4.98 Å². The molecule has 0 radical (unpaired) electrons. The second-order valence-corrected chi connectivity index (χ2v) is 4.65. The topological polar surface area (TPSA) is 75.2 Å². The van der Waals surface area contributed by atoms with Crippen molar-refractivity contribution >= 4 is 11.7 Å². The SMILES string of the molecule is CCC1COC(C)CN1c1cccc(C(=N)N)n1. The molecule has 2 unspecified atom stereocenters. The van der Waals surface area contributed by atoms with Gasteiger partial charge in [-0.05, 0) is 25.5 Å². The van der Waals surface area contributed by atoms with Gasteiger partial charge in [-0.15, -0.1) is 0 Å². The Kier molecular flexibility index (Phi) is 3.81. The molecule has 5 heteroatoms. The number of nitrogen functional groups attached to an aromatic ring is 1. The number of hydrogen-bond donors (Lipinski definition) is 2. The van der Waals surface area contributed by atoms with Gasteiger partial charge < -0.3 is 15.4 Å². The van der Waals surface area contributed by atoms with Crippen LogP contribution in [0.4, 0.5) is 5.82 Å². The van der Waals surface area contributed by atoms with Gasteiger partial charge in [0, 0.05) is 6.54 Å². The lowest BCUT2D eigenvalue weighted by Crippen LogP contribution is -2.49. The molecule has 0 aliphatic carbocycles. The Balaban J connectivity index is 2.27. The minimum atomic E-state index is 0.00575.